The zero-order valence-electron chi connectivity index (χ0n) is 14.8. The zero-order chi connectivity index (χ0) is 19.0. The van der Waals surface area contributed by atoms with E-state index >= 15 is 0 Å². The molecule has 1 atom stereocenters. The number of ether oxygens (including phenoxy) is 2. The number of sulfonamides is 1. The van der Waals surface area contributed by atoms with Crippen LogP contribution in [0.1, 0.15) is 22.8 Å². The van der Waals surface area contributed by atoms with E-state index in [9.17, 15) is 8.42 Å². The van der Waals surface area contributed by atoms with Gasteiger partial charge in [-0.2, -0.15) is 0 Å². The van der Waals surface area contributed by atoms with Gasteiger partial charge in [0.05, 0.1) is 18.4 Å². The molecule has 138 valence electrons. The summed E-state index contributed by atoms with van der Waals surface area (Å²) in [5.41, 5.74) is 4.32. The van der Waals surface area contributed by atoms with Gasteiger partial charge in [-0.05, 0) is 28.8 Å². The molecule has 0 radical (unpaired) electrons. The van der Waals surface area contributed by atoms with Crippen molar-refractivity contribution in [2.75, 3.05) is 7.11 Å². The van der Waals surface area contributed by atoms with E-state index in [0.29, 0.717) is 11.3 Å². The van der Waals surface area contributed by atoms with Gasteiger partial charge in [-0.15, -0.1) is 0 Å². The Morgan fingerprint density at radius 2 is 1.81 bits per heavy atom. The van der Waals surface area contributed by atoms with E-state index in [1.165, 1.54) is 0 Å². The van der Waals surface area contributed by atoms with Crippen LogP contribution in [0.3, 0.4) is 0 Å². The molecule has 1 heterocycles. The minimum atomic E-state index is -3.62. The van der Waals surface area contributed by atoms with Crippen molar-refractivity contribution in [3.8, 4) is 22.6 Å². The first kappa shape index (κ1) is 17.6. The molecule has 0 aromatic heterocycles. The van der Waals surface area contributed by atoms with Gasteiger partial charge in [0.15, 0.2) is 0 Å². The minimum absolute atomic E-state index is 0.222. The van der Waals surface area contributed by atoms with Crippen LogP contribution >= 0.6 is 0 Å². The smallest absolute Gasteiger partial charge is 0.213 e. The molecule has 6 heteroatoms. The van der Waals surface area contributed by atoms with Crippen LogP contribution in [-0.4, -0.2) is 15.5 Å². The summed E-state index contributed by atoms with van der Waals surface area (Å²) < 4.78 is 34.9. The number of benzene rings is 3. The van der Waals surface area contributed by atoms with E-state index in [-0.39, 0.29) is 11.9 Å². The lowest BCUT2D eigenvalue weighted by molar-refractivity contribution is 0.242. The lowest BCUT2D eigenvalue weighted by Gasteiger charge is -2.30. The highest BCUT2D eigenvalue weighted by atomic mass is 32.2. The molecular weight excluding hydrogens is 362 g/mol. The first-order valence-electron chi connectivity index (χ1n) is 8.48. The highest BCUT2D eigenvalue weighted by molar-refractivity contribution is 7.88. The van der Waals surface area contributed by atoms with Gasteiger partial charge in [0.25, 0.3) is 0 Å². The van der Waals surface area contributed by atoms with Crippen LogP contribution in [-0.2, 0) is 15.8 Å². The number of primary sulfonamides is 1. The number of hydrogen-bond acceptors (Lipinski definition) is 4. The first-order chi connectivity index (χ1) is 13.0. The fourth-order valence-electron chi connectivity index (χ4n) is 3.49. The number of fused-ring (bicyclic) bond motifs is 3. The standard InChI is InChI=1S/C21H19NO4S/c1-25-18-8-5-9-19-20(18)16-11-10-14(13-27(22,23)24)12-17(16)21(26-19)15-6-3-2-4-7-15/h2-12,21H,13H2,1H3,(H2,22,23,24)/t21-/m1/s1. The van der Waals surface area contributed by atoms with Crippen molar-refractivity contribution < 1.29 is 17.9 Å². The molecule has 2 N–H and O–H groups in total. The molecule has 0 bridgehead atoms. The molecule has 27 heavy (non-hydrogen) atoms. The maximum absolute atomic E-state index is 11.5. The SMILES string of the molecule is COc1cccc2c1-c1ccc(CS(N)(=O)=O)cc1[C@@H](c1ccccc1)O2. The summed E-state index contributed by atoms with van der Waals surface area (Å²) in [5.74, 6) is 1.22. The van der Waals surface area contributed by atoms with Gasteiger partial charge in [-0.25, -0.2) is 13.6 Å². The summed E-state index contributed by atoms with van der Waals surface area (Å²) in [5, 5.41) is 5.23. The summed E-state index contributed by atoms with van der Waals surface area (Å²) in [6.45, 7) is 0. The lowest BCUT2D eigenvalue weighted by Crippen LogP contribution is -2.18. The number of nitrogens with two attached hydrogens (primary N) is 1. The fraction of sp³-hybridized carbons (Fsp3) is 0.143. The Bertz CT molecular complexity index is 1090. The van der Waals surface area contributed by atoms with Gasteiger partial charge in [-0.1, -0.05) is 54.6 Å². The maximum Gasteiger partial charge on any atom is 0.213 e. The Hall–Kier alpha value is -2.83. The second-order valence-corrected chi connectivity index (χ2v) is 8.09. The van der Waals surface area contributed by atoms with Crippen LogP contribution in [0.25, 0.3) is 11.1 Å². The predicted molar refractivity (Wildman–Crippen MR) is 104 cm³/mol. The molecule has 3 aromatic rings. The molecule has 1 aliphatic heterocycles. The molecule has 0 fully saturated rings. The van der Waals surface area contributed by atoms with Crippen LogP contribution in [0.5, 0.6) is 11.5 Å². The normalized spacial score (nSPS) is 15.4. The highest BCUT2D eigenvalue weighted by Gasteiger charge is 2.30. The first-order valence-corrected chi connectivity index (χ1v) is 10.2. The van der Waals surface area contributed by atoms with E-state index in [4.69, 9.17) is 14.6 Å². The topological polar surface area (TPSA) is 78.6 Å². The maximum atomic E-state index is 11.5. The van der Waals surface area contributed by atoms with Gasteiger partial charge in [0.2, 0.25) is 10.0 Å². The van der Waals surface area contributed by atoms with Crippen molar-refractivity contribution >= 4 is 10.0 Å². The third-order valence-electron chi connectivity index (χ3n) is 4.59. The van der Waals surface area contributed by atoms with Crippen LogP contribution in [0.2, 0.25) is 0 Å². The molecular formula is C21H19NO4S. The van der Waals surface area contributed by atoms with Crippen molar-refractivity contribution in [1.29, 1.82) is 0 Å². The van der Waals surface area contributed by atoms with E-state index < -0.39 is 10.0 Å². The Balaban J connectivity index is 1.93. The monoisotopic (exact) mass is 381 g/mol. The molecule has 0 amide bonds. The molecule has 3 aromatic carbocycles. The zero-order valence-corrected chi connectivity index (χ0v) is 15.6. The van der Waals surface area contributed by atoms with E-state index in [1.54, 1.807) is 13.2 Å². The second kappa shape index (κ2) is 6.72. The Morgan fingerprint density at radius 3 is 2.52 bits per heavy atom. The van der Waals surface area contributed by atoms with Crippen molar-refractivity contribution in [3.05, 3.63) is 83.4 Å². The molecule has 0 saturated carbocycles. The van der Waals surface area contributed by atoms with E-state index in [1.807, 2.05) is 60.7 Å². The molecule has 5 nitrogen and oxygen atoms in total. The fourth-order valence-corrected chi connectivity index (χ4v) is 4.13. The van der Waals surface area contributed by atoms with Crippen molar-refractivity contribution in [2.45, 2.75) is 11.9 Å². The van der Waals surface area contributed by atoms with Crippen LogP contribution in [0.15, 0.2) is 66.7 Å². The molecule has 0 unspecified atom stereocenters. The molecule has 0 spiro atoms. The largest absolute Gasteiger partial charge is 0.496 e. The van der Waals surface area contributed by atoms with E-state index in [2.05, 4.69) is 0 Å². The third-order valence-corrected chi connectivity index (χ3v) is 5.33. The van der Waals surface area contributed by atoms with Gasteiger partial charge in [0.1, 0.15) is 17.6 Å². The minimum Gasteiger partial charge on any atom is -0.496 e. The number of rotatable bonds is 4. The van der Waals surface area contributed by atoms with Crippen LogP contribution in [0, 0.1) is 0 Å². The van der Waals surface area contributed by atoms with Crippen LogP contribution in [0.4, 0.5) is 0 Å². The van der Waals surface area contributed by atoms with Crippen LogP contribution < -0.4 is 14.6 Å². The quantitative estimate of drug-likeness (QED) is 0.748. The van der Waals surface area contributed by atoms with Crippen molar-refractivity contribution in [2.24, 2.45) is 5.14 Å². The molecule has 4 rings (SSSR count). The van der Waals surface area contributed by atoms with Gasteiger partial charge >= 0.3 is 0 Å². The Morgan fingerprint density at radius 1 is 1.04 bits per heavy atom. The van der Waals surface area contributed by atoms with E-state index in [0.717, 1.165) is 28.0 Å². The number of hydrogen-bond donors (Lipinski definition) is 1. The Labute approximate surface area is 158 Å². The summed E-state index contributed by atoms with van der Waals surface area (Å²) >= 11 is 0. The van der Waals surface area contributed by atoms with Gasteiger partial charge in [0, 0.05) is 5.56 Å². The summed E-state index contributed by atoms with van der Waals surface area (Å²) in [7, 11) is -2.01. The third kappa shape index (κ3) is 3.41. The predicted octanol–water partition coefficient (Wildman–Crippen LogP) is 3.63. The molecule has 0 aliphatic carbocycles. The highest BCUT2D eigenvalue weighted by Crippen LogP contribution is 2.49. The van der Waals surface area contributed by atoms with Crippen molar-refractivity contribution in [3.63, 3.8) is 0 Å². The molecule has 0 saturated heterocycles. The van der Waals surface area contributed by atoms with Crippen molar-refractivity contribution in [1.82, 2.24) is 0 Å². The summed E-state index contributed by atoms with van der Waals surface area (Å²) in [6, 6.07) is 21.1. The lowest BCUT2D eigenvalue weighted by atomic mass is 9.88. The second-order valence-electron chi connectivity index (χ2n) is 6.47. The summed E-state index contributed by atoms with van der Waals surface area (Å²) in [6.07, 6.45) is -0.346. The molecule has 1 aliphatic rings. The summed E-state index contributed by atoms with van der Waals surface area (Å²) in [4.78, 5) is 0. The number of methoxy groups -OCH3 is 1. The van der Waals surface area contributed by atoms with Gasteiger partial charge < -0.3 is 9.47 Å². The average molecular weight is 381 g/mol. The van der Waals surface area contributed by atoms with Gasteiger partial charge in [-0.3, -0.25) is 0 Å². The average Bonchev–Trinajstić information content (AvgIpc) is 2.66. The Kier molecular flexibility index (Phi) is 4.37.